The smallest absolute Gasteiger partial charge is 0.132 e. The molecule has 0 aromatic carbocycles. The van der Waals surface area contributed by atoms with Crippen LogP contribution in [0.4, 0.5) is 0 Å². The molecule has 0 spiro atoms. The molecule has 0 aliphatic rings. The van der Waals surface area contributed by atoms with Crippen LogP contribution in [0.3, 0.4) is 0 Å². The molecule has 0 aliphatic heterocycles. The Morgan fingerprint density at radius 3 is 2.33 bits per heavy atom. The third-order valence-corrected chi connectivity index (χ3v) is 0.524. The van der Waals surface area contributed by atoms with Gasteiger partial charge in [-0.05, 0) is 6.85 Å². The number of hydrogen-bond donors (Lipinski definition) is 0. The van der Waals surface area contributed by atoms with Crippen LogP contribution in [0.1, 0.15) is 24.8 Å². The molecule has 0 amide bonds. The van der Waals surface area contributed by atoms with Crippen molar-refractivity contribution in [1.82, 2.24) is 0 Å². The van der Waals surface area contributed by atoms with E-state index in [9.17, 15) is 4.79 Å². The molecule has 0 fully saturated rings. The molecule has 0 heterocycles. The Labute approximate surface area is 42.6 Å². The Morgan fingerprint density at radius 2 is 2.33 bits per heavy atom. The van der Waals surface area contributed by atoms with Gasteiger partial charge in [-0.2, -0.15) is 0 Å². The van der Waals surface area contributed by atoms with Crippen LogP contribution in [-0.2, 0) is 4.79 Å². The molecule has 0 rings (SSSR count). The van der Waals surface area contributed by atoms with Gasteiger partial charge in [0, 0.05) is 10.0 Å². The number of carbonyl (C=O) groups is 1. The third-order valence-electron chi connectivity index (χ3n) is 0.524. The summed E-state index contributed by atoms with van der Waals surface area (Å²) in [6.07, 6.45) is 0. The van der Waals surface area contributed by atoms with Gasteiger partial charge in [0.25, 0.3) is 0 Å². The lowest BCUT2D eigenvalue weighted by atomic mass is 10.1. The summed E-state index contributed by atoms with van der Waals surface area (Å²) in [6.45, 7) is 0.748. The lowest BCUT2D eigenvalue weighted by Crippen LogP contribution is -1.98. The van der Waals surface area contributed by atoms with Gasteiger partial charge in [-0.25, -0.2) is 0 Å². The van der Waals surface area contributed by atoms with Gasteiger partial charge in [0.05, 0.1) is 0 Å². The summed E-state index contributed by atoms with van der Waals surface area (Å²) in [5.41, 5.74) is 0. The first-order valence-corrected chi connectivity index (χ1v) is 1.90. The van der Waals surface area contributed by atoms with Gasteiger partial charge in [-0.15, -0.1) is 0 Å². The van der Waals surface area contributed by atoms with E-state index in [1.165, 1.54) is 0 Å². The minimum absolute atomic E-state index is 0.391. The molecular formula is C5H10O. The summed E-state index contributed by atoms with van der Waals surface area (Å²) < 4.78 is 20.0. The molecule has 0 aromatic rings. The summed E-state index contributed by atoms with van der Waals surface area (Å²) in [7, 11) is 0. The molecule has 6 heavy (non-hydrogen) atoms. The van der Waals surface area contributed by atoms with Crippen LogP contribution in [0.5, 0.6) is 0 Å². The minimum Gasteiger partial charge on any atom is -0.300 e. The Kier molecular flexibility index (Phi) is 0.685. The van der Waals surface area contributed by atoms with Crippen LogP contribution < -0.4 is 0 Å². The van der Waals surface area contributed by atoms with Crippen molar-refractivity contribution in [1.29, 1.82) is 0 Å². The highest BCUT2D eigenvalue weighted by molar-refractivity contribution is 5.77. The zero-order valence-corrected chi connectivity index (χ0v) is 3.99. The highest BCUT2D eigenvalue weighted by atomic mass is 16.1. The zero-order valence-electron chi connectivity index (χ0n) is 6.99. The largest absolute Gasteiger partial charge is 0.300 e. The highest BCUT2D eigenvalue weighted by Gasteiger charge is 1.94. The second-order valence-electron chi connectivity index (χ2n) is 1.52. The fourth-order valence-corrected chi connectivity index (χ4v) is 0. The van der Waals surface area contributed by atoms with Gasteiger partial charge in [-0.3, -0.25) is 4.79 Å². The van der Waals surface area contributed by atoms with Crippen molar-refractivity contribution in [3.63, 3.8) is 0 Å². The summed E-state index contributed by atoms with van der Waals surface area (Å²) in [5.74, 6) is -1.06. The lowest BCUT2D eigenvalue weighted by Gasteiger charge is -1.90. The van der Waals surface area contributed by atoms with Crippen molar-refractivity contribution in [2.75, 3.05) is 0 Å². The summed E-state index contributed by atoms with van der Waals surface area (Å²) in [4.78, 5) is 10.6. The normalized spacial score (nSPS) is 18.8. The SMILES string of the molecule is [2H]C([2H])([2H])C(=O)C(C)C. The monoisotopic (exact) mass is 89.1 g/mol. The maximum atomic E-state index is 10.6. The molecule has 0 radical (unpaired) electrons. The predicted molar refractivity (Wildman–Crippen MR) is 25.5 cm³/mol. The van der Waals surface area contributed by atoms with Crippen molar-refractivity contribution >= 4 is 5.78 Å². The molecule has 1 nitrogen and oxygen atoms in total. The summed E-state index contributed by atoms with van der Waals surface area (Å²) >= 11 is 0. The van der Waals surface area contributed by atoms with E-state index in [2.05, 4.69) is 0 Å². The summed E-state index contributed by atoms with van der Waals surface area (Å²) in [6, 6.07) is 0. The van der Waals surface area contributed by atoms with E-state index in [-0.39, 0.29) is 0 Å². The van der Waals surface area contributed by atoms with Crippen LogP contribution in [0.15, 0.2) is 0 Å². The third kappa shape index (κ3) is 1.94. The number of Topliss-reactive ketones (excluding diaryl/α,β-unsaturated/α-hetero) is 1. The first kappa shape index (κ1) is 2.10. The predicted octanol–water partition coefficient (Wildman–Crippen LogP) is 1.23. The summed E-state index contributed by atoms with van der Waals surface area (Å²) in [5, 5.41) is 0. The fraction of sp³-hybridized carbons (Fsp3) is 0.800. The van der Waals surface area contributed by atoms with Crippen LogP contribution in [0.2, 0.25) is 0 Å². The Hall–Kier alpha value is -0.330. The van der Waals surface area contributed by atoms with Crippen LogP contribution in [0.25, 0.3) is 0 Å². The van der Waals surface area contributed by atoms with Gasteiger partial charge >= 0.3 is 0 Å². The number of hydrogen-bond acceptors (Lipinski definition) is 1. The van der Waals surface area contributed by atoms with Gasteiger partial charge in [0.2, 0.25) is 0 Å². The van der Waals surface area contributed by atoms with Crippen molar-refractivity contribution < 1.29 is 8.91 Å². The fourth-order valence-electron chi connectivity index (χ4n) is 0. The van der Waals surface area contributed by atoms with Crippen LogP contribution >= 0.6 is 0 Å². The first-order chi connectivity index (χ1) is 3.85. The lowest BCUT2D eigenvalue weighted by molar-refractivity contribution is -0.119. The van der Waals surface area contributed by atoms with E-state index in [0.717, 1.165) is 0 Å². The molecule has 0 unspecified atom stereocenters. The molecular weight excluding hydrogens is 76.1 g/mol. The average Bonchev–Trinajstić information content (AvgIpc) is 1.62. The van der Waals surface area contributed by atoms with Crippen molar-refractivity contribution in [3.05, 3.63) is 0 Å². The van der Waals surface area contributed by atoms with Crippen LogP contribution in [-0.4, -0.2) is 5.78 Å². The minimum atomic E-state index is -2.41. The average molecular weight is 89.2 g/mol. The zero-order chi connectivity index (χ0) is 7.65. The molecule has 36 valence electrons. The standard InChI is InChI=1S/C5H10O/c1-4(2)5(3)6/h4H,1-3H3/i3D3. The number of rotatable bonds is 1. The molecule has 0 saturated carbocycles. The van der Waals surface area contributed by atoms with E-state index in [1.807, 2.05) is 0 Å². The van der Waals surface area contributed by atoms with E-state index in [0.29, 0.717) is 0 Å². The maximum absolute atomic E-state index is 10.6. The first-order valence-electron chi connectivity index (χ1n) is 3.40. The van der Waals surface area contributed by atoms with Gasteiger partial charge < -0.3 is 0 Å². The van der Waals surface area contributed by atoms with Crippen LogP contribution in [0, 0.1) is 5.92 Å². The maximum Gasteiger partial charge on any atom is 0.132 e. The second-order valence-corrected chi connectivity index (χ2v) is 1.52. The molecule has 0 atom stereocenters. The van der Waals surface area contributed by atoms with E-state index < -0.39 is 18.6 Å². The Balaban J connectivity index is 4.06. The van der Waals surface area contributed by atoms with Crippen molar-refractivity contribution in [2.45, 2.75) is 20.7 Å². The topological polar surface area (TPSA) is 17.1 Å². The molecule has 0 saturated heterocycles. The van der Waals surface area contributed by atoms with Gasteiger partial charge in [-0.1, -0.05) is 13.8 Å². The van der Waals surface area contributed by atoms with Crippen molar-refractivity contribution in [2.24, 2.45) is 5.92 Å². The second kappa shape index (κ2) is 1.96. The number of carbonyl (C=O) groups excluding carboxylic acids is 1. The quantitative estimate of drug-likeness (QED) is 0.472. The molecule has 0 N–H and O–H groups in total. The van der Waals surface area contributed by atoms with E-state index >= 15 is 0 Å². The molecule has 0 aromatic heterocycles. The molecule has 0 aliphatic carbocycles. The highest BCUT2D eigenvalue weighted by Crippen LogP contribution is 1.89. The van der Waals surface area contributed by atoms with E-state index in [1.54, 1.807) is 13.8 Å². The van der Waals surface area contributed by atoms with Crippen molar-refractivity contribution in [3.8, 4) is 0 Å². The van der Waals surface area contributed by atoms with E-state index in [4.69, 9.17) is 4.11 Å². The molecule has 0 bridgehead atoms. The Morgan fingerprint density at radius 1 is 1.83 bits per heavy atom. The number of ketones is 1. The van der Waals surface area contributed by atoms with Gasteiger partial charge in [0.15, 0.2) is 0 Å². The van der Waals surface area contributed by atoms with Gasteiger partial charge in [0.1, 0.15) is 5.78 Å². The molecule has 1 heteroatoms. The Bertz CT molecular complexity index is 114.